The molecule has 36 heavy (non-hydrogen) atoms. The Bertz CT molecular complexity index is 1100. The molecule has 0 spiro atoms. The summed E-state index contributed by atoms with van der Waals surface area (Å²) in [6, 6.07) is -0.631. The number of rotatable bonds is 14. The van der Waals surface area contributed by atoms with Gasteiger partial charge in [-0.3, -0.25) is 14.2 Å². The Kier molecular flexibility index (Phi) is 9.95. The summed E-state index contributed by atoms with van der Waals surface area (Å²) < 4.78 is 27.1. The maximum Gasteiger partial charge on any atom is 0.326 e. The van der Waals surface area contributed by atoms with Crippen molar-refractivity contribution in [2.75, 3.05) is 12.1 Å². The lowest BCUT2D eigenvalue weighted by Gasteiger charge is -2.34. The van der Waals surface area contributed by atoms with Gasteiger partial charge >= 0.3 is 11.9 Å². The number of carbonyl (C=O) groups excluding carboxylic acids is 1. The van der Waals surface area contributed by atoms with Gasteiger partial charge in [-0.05, 0) is 40.5 Å². The number of carbonyl (C=O) groups is 2. The Morgan fingerprint density at radius 2 is 1.86 bits per heavy atom. The second-order valence-corrected chi connectivity index (χ2v) is 12.2. The van der Waals surface area contributed by atoms with E-state index in [9.17, 15) is 19.3 Å². The molecular formula is C22H38N7O6P. The zero-order valence-electron chi connectivity index (χ0n) is 21.9. The minimum Gasteiger partial charge on any atom is -0.481 e. The van der Waals surface area contributed by atoms with Crippen LogP contribution in [0.1, 0.15) is 54.9 Å². The Morgan fingerprint density at radius 3 is 2.44 bits per heavy atom. The van der Waals surface area contributed by atoms with Gasteiger partial charge in [0.2, 0.25) is 7.44 Å². The molecule has 13 nitrogen and oxygen atoms in total. The number of fused-ring (bicyclic) bond motifs is 1. The molecule has 0 saturated heterocycles. The molecule has 2 aromatic heterocycles. The monoisotopic (exact) mass is 527 g/mol. The standard InChI is InChI=1S/C22H38N7O6P/c1-13(2)16(8-17(30)31)27-36(33,28-22(6,7)21(32)35-14(3)4)12-34-15(5)9-29-11-26-18-19(23)24-10-25-20(18)29/h10-11,13-16H,8-9,12H2,1-7H3,(H,30,31)(H2,23,24,25)(H2,27,28,33)/t15-,16+,36?/m1/s1. The third-order valence-electron chi connectivity index (χ3n) is 5.31. The van der Waals surface area contributed by atoms with Gasteiger partial charge in [-0.1, -0.05) is 13.8 Å². The van der Waals surface area contributed by atoms with E-state index < -0.39 is 37.1 Å². The first-order valence-corrected chi connectivity index (χ1v) is 13.6. The summed E-state index contributed by atoms with van der Waals surface area (Å²) in [4.78, 5) is 36.4. The normalized spacial score (nSPS) is 15.7. The van der Waals surface area contributed by atoms with Gasteiger partial charge in [-0.2, -0.15) is 0 Å². The first-order chi connectivity index (χ1) is 16.6. The van der Waals surface area contributed by atoms with Crippen molar-refractivity contribution in [1.29, 1.82) is 0 Å². The maximum atomic E-state index is 14.1. The number of esters is 1. The van der Waals surface area contributed by atoms with Crippen LogP contribution < -0.4 is 15.9 Å². The zero-order valence-corrected chi connectivity index (χ0v) is 22.8. The van der Waals surface area contributed by atoms with Crippen LogP contribution in [0.15, 0.2) is 12.7 Å². The summed E-state index contributed by atoms with van der Waals surface area (Å²) in [5.41, 5.74) is 5.52. The molecular weight excluding hydrogens is 489 g/mol. The second-order valence-electron chi connectivity index (χ2n) is 9.94. The number of anilines is 1. The highest BCUT2D eigenvalue weighted by Crippen LogP contribution is 2.41. The van der Waals surface area contributed by atoms with Crippen molar-refractivity contribution in [1.82, 2.24) is 29.7 Å². The molecule has 202 valence electrons. The van der Waals surface area contributed by atoms with Gasteiger partial charge in [0.1, 0.15) is 23.7 Å². The van der Waals surface area contributed by atoms with E-state index in [0.29, 0.717) is 17.7 Å². The lowest BCUT2D eigenvalue weighted by Crippen LogP contribution is -2.51. The molecule has 0 saturated carbocycles. The van der Waals surface area contributed by atoms with Crippen LogP contribution >= 0.6 is 7.44 Å². The molecule has 2 heterocycles. The molecule has 1 unspecified atom stereocenters. The number of hydrogen-bond acceptors (Lipinski definition) is 9. The van der Waals surface area contributed by atoms with Crippen molar-refractivity contribution >= 4 is 36.4 Å². The third kappa shape index (κ3) is 8.22. The van der Waals surface area contributed by atoms with E-state index in [1.165, 1.54) is 6.33 Å². The number of carboxylic acids is 1. The largest absolute Gasteiger partial charge is 0.481 e. The average Bonchev–Trinajstić information content (AvgIpc) is 3.15. The molecule has 0 aliphatic carbocycles. The topological polar surface area (TPSA) is 184 Å². The van der Waals surface area contributed by atoms with Crippen LogP contribution in [0.3, 0.4) is 0 Å². The number of nitrogen functional groups attached to an aromatic ring is 1. The third-order valence-corrected chi connectivity index (χ3v) is 7.49. The quantitative estimate of drug-likeness (QED) is 0.208. The number of nitrogens with two attached hydrogens (primary N) is 1. The molecule has 0 aliphatic heterocycles. The summed E-state index contributed by atoms with van der Waals surface area (Å²) in [6.07, 6.45) is 1.55. The van der Waals surface area contributed by atoms with Gasteiger partial charge in [0.25, 0.3) is 0 Å². The highest BCUT2D eigenvalue weighted by molar-refractivity contribution is 7.59. The fourth-order valence-corrected chi connectivity index (χ4v) is 6.03. The highest BCUT2D eigenvalue weighted by atomic mass is 31.2. The van der Waals surface area contributed by atoms with Crippen LogP contribution in [0.25, 0.3) is 11.2 Å². The summed E-state index contributed by atoms with van der Waals surface area (Å²) >= 11 is 0. The van der Waals surface area contributed by atoms with Gasteiger partial charge in [-0.25, -0.2) is 25.1 Å². The molecule has 3 atom stereocenters. The van der Waals surface area contributed by atoms with Gasteiger partial charge in [0, 0.05) is 6.04 Å². The van der Waals surface area contributed by atoms with E-state index in [0.717, 1.165) is 0 Å². The number of aliphatic carboxylic acids is 1. The molecule has 0 amide bonds. The van der Waals surface area contributed by atoms with Crippen molar-refractivity contribution in [3.05, 3.63) is 12.7 Å². The first kappa shape index (κ1) is 29.6. The van der Waals surface area contributed by atoms with E-state index in [4.69, 9.17) is 15.2 Å². The number of hydrogen-bond donors (Lipinski definition) is 4. The van der Waals surface area contributed by atoms with E-state index >= 15 is 0 Å². The zero-order chi connectivity index (χ0) is 27.3. The first-order valence-electron chi connectivity index (χ1n) is 11.8. The molecule has 14 heteroatoms. The second kappa shape index (κ2) is 12.1. The van der Waals surface area contributed by atoms with Crippen molar-refractivity contribution in [2.45, 2.75) is 85.2 Å². The maximum absolute atomic E-state index is 14.1. The predicted octanol–water partition coefficient (Wildman–Crippen LogP) is 2.37. The van der Waals surface area contributed by atoms with Crippen LogP contribution in [0, 0.1) is 5.92 Å². The lowest BCUT2D eigenvalue weighted by molar-refractivity contribution is -0.153. The number of aromatic nitrogens is 4. The predicted molar refractivity (Wildman–Crippen MR) is 135 cm³/mol. The molecule has 0 bridgehead atoms. The minimum atomic E-state index is -3.66. The summed E-state index contributed by atoms with van der Waals surface area (Å²) in [5.74, 6) is -1.51. The molecule has 5 N–H and O–H groups in total. The van der Waals surface area contributed by atoms with Crippen molar-refractivity contribution in [3.8, 4) is 0 Å². The van der Waals surface area contributed by atoms with Crippen LogP contribution in [0.2, 0.25) is 0 Å². The number of ether oxygens (including phenoxy) is 2. The summed E-state index contributed by atoms with van der Waals surface area (Å²) in [5, 5.41) is 15.2. The van der Waals surface area contributed by atoms with E-state index in [2.05, 4.69) is 25.1 Å². The number of nitrogens with one attached hydrogen (secondary N) is 2. The fraction of sp³-hybridized carbons (Fsp3) is 0.682. The molecule has 0 aliphatic rings. The Hall–Kier alpha value is -2.60. The Balaban J connectivity index is 2.22. The number of nitrogens with zero attached hydrogens (tertiary/aromatic N) is 4. The van der Waals surface area contributed by atoms with Gasteiger partial charge < -0.3 is 24.9 Å². The summed E-state index contributed by atoms with van der Waals surface area (Å²) in [6.45, 7) is 12.3. The number of imidazole rings is 1. The van der Waals surface area contributed by atoms with Crippen LogP contribution in [-0.4, -0.2) is 66.7 Å². The van der Waals surface area contributed by atoms with E-state index in [1.54, 1.807) is 45.5 Å². The van der Waals surface area contributed by atoms with E-state index in [-0.39, 0.29) is 30.6 Å². The summed E-state index contributed by atoms with van der Waals surface area (Å²) in [7, 11) is -3.66. The number of carboxylic acid groups (broad SMARTS) is 1. The lowest BCUT2D eigenvalue weighted by atomic mass is 10.0. The van der Waals surface area contributed by atoms with Crippen LogP contribution in [-0.2, 0) is 30.2 Å². The molecule has 0 aromatic carbocycles. The molecule has 0 radical (unpaired) electrons. The Labute approximate surface area is 211 Å². The SMILES string of the molecule is CC(C)OC(=O)C(C)(C)NP(=O)(CO[C@H](C)Cn1cnc2c(N)ncnc21)N[C@@H](CC(=O)O)C(C)C. The smallest absolute Gasteiger partial charge is 0.326 e. The fourth-order valence-electron chi connectivity index (χ4n) is 3.44. The molecule has 2 aromatic rings. The minimum absolute atomic E-state index is 0.151. The van der Waals surface area contributed by atoms with Gasteiger partial charge in [-0.15, -0.1) is 0 Å². The van der Waals surface area contributed by atoms with Crippen molar-refractivity contribution < 1.29 is 28.7 Å². The average molecular weight is 528 g/mol. The van der Waals surface area contributed by atoms with Crippen LogP contribution in [0.4, 0.5) is 5.82 Å². The van der Waals surface area contributed by atoms with Gasteiger partial charge in [0.15, 0.2) is 11.5 Å². The van der Waals surface area contributed by atoms with Gasteiger partial charge in [0.05, 0.1) is 31.5 Å². The van der Waals surface area contributed by atoms with Crippen molar-refractivity contribution in [3.63, 3.8) is 0 Å². The van der Waals surface area contributed by atoms with E-state index in [1.807, 2.05) is 13.8 Å². The molecule has 0 fully saturated rings. The highest BCUT2D eigenvalue weighted by Gasteiger charge is 2.39. The van der Waals surface area contributed by atoms with Crippen LogP contribution in [0.5, 0.6) is 0 Å². The Morgan fingerprint density at radius 1 is 1.19 bits per heavy atom. The molecule has 2 rings (SSSR count). The van der Waals surface area contributed by atoms with Crippen molar-refractivity contribution in [2.24, 2.45) is 5.92 Å².